The van der Waals surface area contributed by atoms with Gasteiger partial charge in [-0.3, -0.25) is 4.79 Å². The first kappa shape index (κ1) is 27.4. The fourth-order valence-electron chi connectivity index (χ4n) is 4.60. The smallest absolute Gasteiger partial charge is 0.349 e. The number of carbonyl (C=O) groups excluding carboxylic acids is 1. The van der Waals surface area contributed by atoms with Crippen LogP contribution in [0.25, 0.3) is 32.0 Å². The van der Waals surface area contributed by atoms with Crippen molar-refractivity contribution in [3.05, 3.63) is 98.8 Å². The van der Waals surface area contributed by atoms with Crippen LogP contribution in [-0.2, 0) is 0 Å². The van der Waals surface area contributed by atoms with Crippen molar-refractivity contribution in [1.29, 1.82) is 0 Å². The second-order valence-corrected chi connectivity index (χ2v) is 11.0. The van der Waals surface area contributed by atoms with Crippen LogP contribution in [0, 0.1) is 0 Å². The predicted molar refractivity (Wildman–Crippen MR) is 168 cm³/mol. The van der Waals surface area contributed by atoms with Gasteiger partial charge in [-0.15, -0.1) is 0 Å². The molecule has 1 amide bonds. The quantitative estimate of drug-likeness (QED) is 0.0796. The maximum Gasteiger partial charge on any atom is 0.349 e. The van der Waals surface area contributed by atoms with E-state index in [2.05, 4.69) is 26.0 Å². The Morgan fingerprint density at radius 3 is 2.45 bits per heavy atom. The number of fused-ring (bicyclic) bond motifs is 4. The largest absolute Gasteiger partial charge is 0.493 e. The number of aromatic nitrogens is 1. The van der Waals surface area contributed by atoms with E-state index in [-0.39, 0.29) is 10.7 Å². The molecule has 6 aromatic rings. The van der Waals surface area contributed by atoms with E-state index in [0.29, 0.717) is 39.3 Å². The van der Waals surface area contributed by atoms with Crippen LogP contribution in [0.15, 0.2) is 91.6 Å². The molecule has 6 rings (SSSR count). The first-order valence-electron chi connectivity index (χ1n) is 12.6. The zero-order valence-corrected chi connectivity index (χ0v) is 25.0. The van der Waals surface area contributed by atoms with Gasteiger partial charge in [0.15, 0.2) is 11.5 Å². The van der Waals surface area contributed by atoms with Crippen molar-refractivity contribution in [3.63, 3.8) is 0 Å². The van der Waals surface area contributed by atoms with E-state index in [1.54, 1.807) is 24.3 Å². The molecule has 0 atom stereocenters. The Bertz CT molecular complexity index is 2060. The lowest BCUT2D eigenvalue weighted by molar-refractivity contribution is 0.0984. The number of ether oxygens (including phenoxy) is 3. The average molecular weight is 645 g/mol. The Kier molecular flexibility index (Phi) is 7.36. The molecule has 42 heavy (non-hydrogen) atoms. The lowest BCUT2D eigenvalue weighted by atomic mass is 10.0. The highest BCUT2D eigenvalue weighted by Crippen LogP contribution is 2.38. The number of benzene rings is 4. The van der Waals surface area contributed by atoms with Crippen molar-refractivity contribution in [2.75, 3.05) is 26.3 Å². The van der Waals surface area contributed by atoms with Gasteiger partial charge in [0.1, 0.15) is 11.1 Å². The van der Waals surface area contributed by atoms with E-state index in [0.717, 1.165) is 25.0 Å². The average Bonchev–Trinajstić information content (AvgIpc) is 3.42. The number of hydrogen-bond acceptors (Lipinski definition) is 9. The number of methoxy groups -OCH3 is 3. The molecule has 4 aromatic carbocycles. The number of carbonyl (C=O) groups is 1. The van der Waals surface area contributed by atoms with Gasteiger partial charge in [-0.25, -0.2) is 9.78 Å². The minimum absolute atomic E-state index is 0.179. The number of nitrogens with zero attached hydrogens (tertiary/aromatic N) is 3. The summed E-state index contributed by atoms with van der Waals surface area (Å²) in [6.07, 6.45) is 1.46. The summed E-state index contributed by atoms with van der Waals surface area (Å²) >= 11 is 4.74. The van der Waals surface area contributed by atoms with E-state index in [1.807, 2.05) is 48.5 Å². The number of amides is 1. The van der Waals surface area contributed by atoms with Crippen LogP contribution in [0.3, 0.4) is 0 Å². The maximum atomic E-state index is 14.1. The molecule has 0 spiro atoms. The molecule has 0 unspecified atom stereocenters. The minimum Gasteiger partial charge on any atom is -0.493 e. The van der Waals surface area contributed by atoms with E-state index < -0.39 is 11.5 Å². The summed E-state index contributed by atoms with van der Waals surface area (Å²) < 4.78 is 23.6. The normalized spacial score (nSPS) is 11.4. The molecule has 0 aliphatic rings. The van der Waals surface area contributed by atoms with Crippen LogP contribution in [-0.4, -0.2) is 38.4 Å². The number of hydrazone groups is 1. The molecule has 0 aliphatic carbocycles. The molecule has 0 aliphatic heterocycles. The third-order valence-corrected chi connectivity index (χ3v) is 8.08. The summed E-state index contributed by atoms with van der Waals surface area (Å²) in [4.78, 5) is 31.9. The second kappa shape index (κ2) is 11.3. The highest BCUT2D eigenvalue weighted by Gasteiger charge is 2.25. The molecular formula is C31H22BrN3O6S. The summed E-state index contributed by atoms with van der Waals surface area (Å²) in [6.45, 7) is 0. The van der Waals surface area contributed by atoms with Gasteiger partial charge in [-0.2, -0.15) is 10.1 Å². The number of hydrogen-bond donors (Lipinski definition) is 0. The zero-order chi connectivity index (χ0) is 29.4. The highest BCUT2D eigenvalue weighted by atomic mass is 79.9. The van der Waals surface area contributed by atoms with Gasteiger partial charge in [0.2, 0.25) is 10.9 Å². The topological polar surface area (TPSA) is 103 Å². The SMILES string of the molecule is COc1cc(/C=N/N(C(=O)c2cc3c(ccc4ccccc43)oc2=O)c2nc3ccc(Br)cc3s2)cc(OC)c1OC. The molecule has 11 heteroatoms. The van der Waals surface area contributed by atoms with Gasteiger partial charge in [0, 0.05) is 15.4 Å². The molecule has 0 fully saturated rings. The van der Waals surface area contributed by atoms with Crippen molar-refractivity contribution < 1.29 is 23.4 Å². The molecule has 0 radical (unpaired) electrons. The number of halogens is 1. The minimum atomic E-state index is -0.778. The Labute approximate surface area is 251 Å². The van der Waals surface area contributed by atoms with Crippen molar-refractivity contribution in [3.8, 4) is 17.2 Å². The van der Waals surface area contributed by atoms with Crippen LogP contribution in [0.4, 0.5) is 5.13 Å². The second-order valence-electron chi connectivity index (χ2n) is 9.07. The fraction of sp³-hybridized carbons (Fsp3) is 0.0968. The van der Waals surface area contributed by atoms with E-state index >= 15 is 0 Å². The van der Waals surface area contributed by atoms with Crippen LogP contribution in [0.1, 0.15) is 15.9 Å². The Balaban J connectivity index is 1.50. The number of rotatable bonds is 7. The summed E-state index contributed by atoms with van der Waals surface area (Å²) in [5.41, 5.74) is 0.659. The third kappa shape index (κ3) is 4.97. The van der Waals surface area contributed by atoms with Gasteiger partial charge in [0.05, 0.1) is 37.8 Å². The van der Waals surface area contributed by atoms with Gasteiger partial charge >= 0.3 is 5.63 Å². The lowest BCUT2D eigenvalue weighted by Gasteiger charge is -2.15. The maximum absolute atomic E-state index is 14.1. The van der Waals surface area contributed by atoms with E-state index in [1.165, 1.54) is 38.9 Å². The first-order chi connectivity index (χ1) is 20.4. The van der Waals surface area contributed by atoms with Crippen LogP contribution in [0.2, 0.25) is 0 Å². The summed E-state index contributed by atoms with van der Waals surface area (Å²) in [5.74, 6) is 0.564. The zero-order valence-electron chi connectivity index (χ0n) is 22.6. The summed E-state index contributed by atoms with van der Waals surface area (Å²) in [7, 11) is 4.53. The molecule has 210 valence electrons. The monoisotopic (exact) mass is 643 g/mol. The van der Waals surface area contributed by atoms with Crippen molar-refractivity contribution in [2.24, 2.45) is 5.10 Å². The van der Waals surface area contributed by atoms with Crippen LogP contribution >= 0.6 is 27.3 Å². The molecule has 0 N–H and O–H groups in total. The molecule has 2 aromatic heterocycles. The summed E-state index contributed by atoms with van der Waals surface area (Å²) in [6, 6.07) is 21.8. The summed E-state index contributed by atoms with van der Waals surface area (Å²) in [5, 5.41) is 8.32. The Morgan fingerprint density at radius 2 is 1.71 bits per heavy atom. The standard InChI is InChI=1S/C31H22BrN3O6S/c1-38-25-12-17(13-26(39-2)28(25)40-3)16-33-35(31-34-23-10-9-19(32)14-27(23)42-31)29(36)22-15-21-20-7-5-4-6-18(20)8-11-24(21)41-30(22)37/h4-16H,1-3H3/b33-16+. The number of thiazole rings is 1. The molecule has 2 heterocycles. The lowest BCUT2D eigenvalue weighted by Crippen LogP contribution is -2.30. The molecule has 0 saturated carbocycles. The van der Waals surface area contributed by atoms with Crippen molar-refractivity contribution in [2.45, 2.75) is 0 Å². The van der Waals surface area contributed by atoms with E-state index in [4.69, 9.17) is 18.6 Å². The first-order valence-corrected chi connectivity index (χ1v) is 14.2. The predicted octanol–water partition coefficient (Wildman–Crippen LogP) is 7.03. The van der Waals surface area contributed by atoms with Crippen molar-refractivity contribution in [1.82, 2.24) is 4.98 Å². The van der Waals surface area contributed by atoms with E-state index in [9.17, 15) is 9.59 Å². The highest BCUT2D eigenvalue weighted by molar-refractivity contribution is 9.10. The molecule has 0 bridgehead atoms. The van der Waals surface area contributed by atoms with Gasteiger partial charge in [-0.05, 0) is 53.2 Å². The molecule has 0 saturated heterocycles. The van der Waals surface area contributed by atoms with Gasteiger partial charge in [-0.1, -0.05) is 57.6 Å². The van der Waals surface area contributed by atoms with Crippen LogP contribution in [0.5, 0.6) is 17.2 Å². The molecular weight excluding hydrogens is 622 g/mol. The van der Waals surface area contributed by atoms with Crippen molar-refractivity contribution >= 4 is 76.5 Å². The van der Waals surface area contributed by atoms with Crippen LogP contribution < -0.4 is 24.8 Å². The fourth-order valence-corrected chi connectivity index (χ4v) is 6.07. The molecule has 9 nitrogen and oxygen atoms in total. The van der Waals surface area contributed by atoms with Gasteiger partial charge < -0.3 is 18.6 Å². The third-order valence-electron chi connectivity index (χ3n) is 6.59. The van der Waals surface area contributed by atoms with Gasteiger partial charge in [0.25, 0.3) is 5.91 Å². The number of anilines is 1. The Morgan fingerprint density at radius 1 is 0.952 bits per heavy atom. The Hall–Kier alpha value is -4.74.